The van der Waals surface area contributed by atoms with Crippen LogP contribution in [-0.2, 0) is 6.54 Å². The normalized spacial score (nSPS) is 10.9. The maximum absolute atomic E-state index is 8.81. The van der Waals surface area contributed by atoms with Crippen LogP contribution in [0.15, 0.2) is 29.4 Å². The van der Waals surface area contributed by atoms with Crippen molar-refractivity contribution < 1.29 is 5.11 Å². The molecule has 0 aliphatic heterocycles. The highest BCUT2D eigenvalue weighted by Gasteiger charge is 2.12. The van der Waals surface area contributed by atoms with Crippen LogP contribution < -0.4 is 0 Å². The van der Waals surface area contributed by atoms with Crippen molar-refractivity contribution in [1.82, 2.24) is 14.8 Å². The van der Waals surface area contributed by atoms with E-state index in [-0.39, 0.29) is 6.61 Å². The van der Waals surface area contributed by atoms with Crippen LogP contribution >= 0.6 is 23.4 Å². The largest absolute Gasteiger partial charge is 0.396 e. The Morgan fingerprint density at radius 3 is 2.63 bits per heavy atom. The Hall–Kier alpha value is -1.04. The fourth-order valence-electron chi connectivity index (χ4n) is 1.72. The summed E-state index contributed by atoms with van der Waals surface area (Å²) in [6, 6.07) is 7.59. The number of benzene rings is 1. The third-order valence-corrected chi connectivity index (χ3v) is 3.97. The Kier molecular flexibility index (Phi) is 5.24. The Labute approximate surface area is 121 Å². The molecule has 0 unspecified atom stereocenters. The third-order valence-electron chi connectivity index (χ3n) is 2.67. The van der Waals surface area contributed by atoms with Crippen molar-refractivity contribution in [3.8, 4) is 11.4 Å². The average Bonchev–Trinajstić information content (AvgIpc) is 2.83. The minimum atomic E-state index is 0.206. The number of rotatable bonds is 6. The first-order chi connectivity index (χ1) is 9.26. The minimum Gasteiger partial charge on any atom is -0.396 e. The van der Waals surface area contributed by atoms with Gasteiger partial charge in [0, 0.05) is 29.5 Å². The van der Waals surface area contributed by atoms with Gasteiger partial charge in [-0.25, -0.2) is 0 Å². The van der Waals surface area contributed by atoms with E-state index in [2.05, 4.69) is 21.7 Å². The molecule has 0 amide bonds. The minimum absolute atomic E-state index is 0.206. The van der Waals surface area contributed by atoms with Crippen LogP contribution in [0.3, 0.4) is 0 Å². The van der Waals surface area contributed by atoms with E-state index < -0.39 is 0 Å². The smallest absolute Gasteiger partial charge is 0.191 e. The second-order valence-corrected chi connectivity index (χ2v) is 5.48. The molecule has 4 nitrogen and oxygen atoms in total. The standard InChI is InChI=1S/C13H16ClN3OS/c1-2-17-12(10-4-6-11(14)7-5-10)15-16-13(17)19-9-3-8-18/h4-7,18H,2-3,8-9H2,1H3. The van der Waals surface area contributed by atoms with Gasteiger partial charge in [0.05, 0.1) is 0 Å². The topological polar surface area (TPSA) is 50.9 Å². The molecule has 1 aromatic heterocycles. The van der Waals surface area contributed by atoms with Crippen molar-refractivity contribution >= 4 is 23.4 Å². The van der Waals surface area contributed by atoms with Gasteiger partial charge in [-0.2, -0.15) is 0 Å². The molecule has 1 aromatic carbocycles. The van der Waals surface area contributed by atoms with Crippen LogP contribution in [-0.4, -0.2) is 32.2 Å². The number of halogens is 1. The van der Waals surface area contributed by atoms with Crippen LogP contribution in [0.4, 0.5) is 0 Å². The molecule has 2 aromatic rings. The molecule has 0 bridgehead atoms. The zero-order chi connectivity index (χ0) is 13.7. The molecular formula is C13H16ClN3OS. The number of hydrogen-bond donors (Lipinski definition) is 1. The molecule has 0 radical (unpaired) electrons. The van der Waals surface area contributed by atoms with Crippen molar-refractivity contribution in [2.45, 2.75) is 25.0 Å². The highest BCUT2D eigenvalue weighted by atomic mass is 35.5. The summed E-state index contributed by atoms with van der Waals surface area (Å²) < 4.78 is 2.07. The fourth-order valence-corrected chi connectivity index (χ4v) is 2.77. The highest BCUT2D eigenvalue weighted by Crippen LogP contribution is 2.25. The molecule has 1 heterocycles. The molecule has 0 aliphatic rings. The summed E-state index contributed by atoms with van der Waals surface area (Å²) in [5.41, 5.74) is 1.01. The van der Waals surface area contributed by atoms with E-state index in [0.717, 1.165) is 35.3 Å². The van der Waals surface area contributed by atoms with E-state index in [9.17, 15) is 0 Å². The summed E-state index contributed by atoms with van der Waals surface area (Å²) in [6.07, 6.45) is 0.761. The molecule has 6 heteroatoms. The SMILES string of the molecule is CCn1c(SCCCO)nnc1-c1ccc(Cl)cc1. The zero-order valence-electron chi connectivity index (χ0n) is 10.7. The second-order valence-electron chi connectivity index (χ2n) is 3.98. The number of thioether (sulfide) groups is 1. The van der Waals surface area contributed by atoms with E-state index in [0.29, 0.717) is 5.02 Å². The molecular weight excluding hydrogens is 282 g/mol. The van der Waals surface area contributed by atoms with E-state index >= 15 is 0 Å². The van der Waals surface area contributed by atoms with Crippen LogP contribution in [0.2, 0.25) is 5.02 Å². The van der Waals surface area contributed by atoms with Crippen LogP contribution in [0, 0.1) is 0 Å². The van der Waals surface area contributed by atoms with Crippen molar-refractivity contribution in [2.75, 3.05) is 12.4 Å². The van der Waals surface area contributed by atoms with Gasteiger partial charge in [-0.3, -0.25) is 0 Å². The number of hydrogen-bond acceptors (Lipinski definition) is 4. The van der Waals surface area contributed by atoms with E-state index in [1.165, 1.54) is 0 Å². The van der Waals surface area contributed by atoms with E-state index in [4.69, 9.17) is 16.7 Å². The molecule has 0 atom stereocenters. The van der Waals surface area contributed by atoms with Gasteiger partial charge < -0.3 is 9.67 Å². The van der Waals surface area contributed by atoms with Gasteiger partial charge in [-0.05, 0) is 37.6 Å². The lowest BCUT2D eigenvalue weighted by atomic mass is 10.2. The Balaban J connectivity index is 2.23. The van der Waals surface area contributed by atoms with Gasteiger partial charge >= 0.3 is 0 Å². The van der Waals surface area contributed by atoms with Crippen molar-refractivity contribution in [3.63, 3.8) is 0 Å². The summed E-state index contributed by atoms with van der Waals surface area (Å²) in [5, 5.41) is 18.9. The quantitative estimate of drug-likeness (QED) is 0.657. The Morgan fingerprint density at radius 1 is 1.26 bits per heavy atom. The second kappa shape index (κ2) is 6.93. The first-order valence-electron chi connectivity index (χ1n) is 6.19. The van der Waals surface area contributed by atoms with Crippen molar-refractivity contribution in [3.05, 3.63) is 29.3 Å². The Bertz CT molecular complexity index is 527. The monoisotopic (exact) mass is 297 g/mol. The maximum Gasteiger partial charge on any atom is 0.191 e. The summed E-state index contributed by atoms with van der Waals surface area (Å²) >= 11 is 7.51. The molecule has 2 rings (SSSR count). The summed E-state index contributed by atoms with van der Waals surface area (Å²) in [6.45, 7) is 3.09. The van der Waals surface area contributed by atoms with Crippen molar-refractivity contribution in [1.29, 1.82) is 0 Å². The predicted octanol–water partition coefficient (Wildman–Crippen LogP) is 3.09. The van der Waals surface area contributed by atoms with Gasteiger partial charge in [0.1, 0.15) is 0 Å². The third kappa shape index (κ3) is 3.49. The highest BCUT2D eigenvalue weighted by molar-refractivity contribution is 7.99. The molecule has 0 saturated carbocycles. The number of aliphatic hydroxyl groups excluding tert-OH is 1. The Morgan fingerprint density at radius 2 is 2.00 bits per heavy atom. The average molecular weight is 298 g/mol. The van der Waals surface area contributed by atoms with Gasteiger partial charge in [-0.15, -0.1) is 10.2 Å². The lowest BCUT2D eigenvalue weighted by Gasteiger charge is -2.07. The van der Waals surface area contributed by atoms with E-state index in [1.54, 1.807) is 11.8 Å². The van der Waals surface area contributed by atoms with Gasteiger partial charge in [0.2, 0.25) is 0 Å². The van der Waals surface area contributed by atoms with Crippen LogP contribution in [0.25, 0.3) is 11.4 Å². The maximum atomic E-state index is 8.81. The summed E-state index contributed by atoms with van der Waals surface area (Å²) in [5.74, 6) is 1.69. The van der Waals surface area contributed by atoms with Gasteiger partial charge in [-0.1, -0.05) is 23.4 Å². The molecule has 0 spiro atoms. The molecule has 0 fully saturated rings. The summed E-state index contributed by atoms with van der Waals surface area (Å²) in [7, 11) is 0. The summed E-state index contributed by atoms with van der Waals surface area (Å²) in [4.78, 5) is 0. The van der Waals surface area contributed by atoms with Gasteiger partial charge in [0.25, 0.3) is 0 Å². The van der Waals surface area contributed by atoms with Crippen LogP contribution in [0.1, 0.15) is 13.3 Å². The lowest BCUT2D eigenvalue weighted by molar-refractivity contribution is 0.296. The fraction of sp³-hybridized carbons (Fsp3) is 0.385. The molecule has 102 valence electrons. The predicted molar refractivity (Wildman–Crippen MR) is 78.6 cm³/mol. The molecule has 19 heavy (non-hydrogen) atoms. The van der Waals surface area contributed by atoms with Gasteiger partial charge in [0.15, 0.2) is 11.0 Å². The molecule has 1 N–H and O–H groups in total. The molecule has 0 saturated heterocycles. The van der Waals surface area contributed by atoms with Crippen molar-refractivity contribution in [2.24, 2.45) is 0 Å². The number of aliphatic hydroxyl groups is 1. The van der Waals surface area contributed by atoms with Crippen LogP contribution in [0.5, 0.6) is 0 Å². The lowest BCUT2D eigenvalue weighted by Crippen LogP contribution is -2.00. The first kappa shape index (κ1) is 14.4. The van der Waals surface area contributed by atoms with E-state index in [1.807, 2.05) is 24.3 Å². The number of aromatic nitrogens is 3. The first-order valence-corrected chi connectivity index (χ1v) is 7.55. The number of nitrogens with zero attached hydrogens (tertiary/aromatic N) is 3. The zero-order valence-corrected chi connectivity index (χ0v) is 12.3. The molecule has 0 aliphatic carbocycles.